The van der Waals surface area contributed by atoms with E-state index in [9.17, 15) is 10.2 Å². The van der Waals surface area contributed by atoms with E-state index in [4.69, 9.17) is 0 Å². The minimum Gasteiger partial charge on any atom is -0.396 e. The number of hydrogen-bond donors (Lipinski definition) is 2. The number of aromatic nitrogens is 1. The molecule has 26 heavy (non-hydrogen) atoms. The zero-order valence-electron chi connectivity index (χ0n) is 15.1. The molecule has 1 aliphatic rings. The van der Waals surface area contributed by atoms with Crippen molar-refractivity contribution in [3.8, 4) is 0 Å². The van der Waals surface area contributed by atoms with Gasteiger partial charge in [-0.25, -0.2) is 0 Å². The SMILES string of the molecule is CN1c2ccccc2C=C(CO)C(CO)C1c1cn(C)c2ccccc12. The van der Waals surface area contributed by atoms with E-state index in [0.29, 0.717) is 0 Å². The Labute approximate surface area is 153 Å². The summed E-state index contributed by atoms with van der Waals surface area (Å²) in [5.74, 6) is -0.178. The zero-order chi connectivity index (χ0) is 18.3. The lowest BCUT2D eigenvalue weighted by molar-refractivity contribution is 0.209. The molecule has 0 radical (unpaired) electrons. The van der Waals surface area contributed by atoms with Gasteiger partial charge in [-0.1, -0.05) is 42.5 Å². The van der Waals surface area contributed by atoms with Crippen molar-refractivity contribution < 1.29 is 10.2 Å². The van der Waals surface area contributed by atoms with Crippen LogP contribution in [-0.2, 0) is 7.05 Å². The van der Waals surface area contributed by atoms with Crippen LogP contribution in [0.25, 0.3) is 17.0 Å². The molecule has 2 atom stereocenters. The first-order valence-electron chi connectivity index (χ1n) is 8.93. The van der Waals surface area contributed by atoms with Gasteiger partial charge < -0.3 is 19.7 Å². The Morgan fingerprint density at radius 3 is 2.46 bits per heavy atom. The van der Waals surface area contributed by atoms with E-state index in [1.807, 2.05) is 37.4 Å². The molecular formula is C22H24N2O2. The van der Waals surface area contributed by atoms with Crippen molar-refractivity contribution in [3.05, 3.63) is 71.4 Å². The first kappa shape index (κ1) is 16.9. The molecule has 0 bridgehead atoms. The van der Waals surface area contributed by atoms with E-state index in [-0.39, 0.29) is 25.2 Å². The van der Waals surface area contributed by atoms with Crippen LogP contribution in [0.15, 0.2) is 60.3 Å². The number of fused-ring (bicyclic) bond motifs is 2. The molecule has 0 saturated carbocycles. The second-order valence-electron chi connectivity index (χ2n) is 6.99. The highest BCUT2D eigenvalue weighted by Crippen LogP contribution is 2.43. The summed E-state index contributed by atoms with van der Waals surface area (Å²) in [5, 5.41) is 21.4. The lowest BCUT2D eigenvalue weighted by atomic mass is 9.87. The Morgan fingerprint density at radius 2 is 1.69 bits per heavy atom. The second kappa shape index (κ2) is 6.63. The maximum absolute atomic E-state index is 10.2. The Hall–Kier alpha value is -2.56. The Kier molecular flexibility index (Phi) is 4.31. The van der Waals surface area contributed by atoms with Gasteiger partial charge in [-0.05, 0) is 23.3 Å². The normalized spacial score (nSPS) is 20.0. The van der Waals surface area contributed by atoms with Crippen LogP contribution in [-0.4, -0.2) is 35.0 Å². The molecule has 0 fully saturated rings. The fourth-order valence-corrected chi connectivity index (χ4v) is 4.27. The van der Waals surface area contributed by atoms with E-state index in [2.05, 4.69) is 47.0 Å². The van der Waals surface area contributed by atoms with E-state index in [0.717, 1.165) is 16.8 Å². The van der Waals surface area contributed by atoms with Crippen LogP contribution < -0.4 is 4.90 Å². The Balaban J connectivity index is 1.97. The standard InChI is InChI=1S/C22H24N2O2/c1-23-12-18(17-8-4-6-10-21(17)23)22-19(14-26)16(13-25)11-15-7-3-5-9-20(15)24(22)2/h3-12,19,22,25-26H,13-14H2,1-2H3. The Morgan fingerprint density at radius 1 is 0.962 bits per heavy atom. The molecule has 0 aliphatic carbocycles. The van der Waals surface area contributed by atoms with Gasteiger partial charge in [-0.3, -0.25) is 0 Å². The number of nitrogens with zero attached hydrogens (tertiary/aromatic N) is 2. The minimum absolute atomic E-state index is 0.0153. The Bertz CT molecular complexity index is 973. The number of para-hydroxylation sites is 2. The smallest absolute Gasteiger partial charge is 0.0649 e. The van der Waals surface area contributed by atoms with E-state index in [1.54, 1.807) is 0 Å². The van der Waals surface area contributed by atoms with E-state index < -0.39 is 0 Å². The van der Waals surface area contributed by atoms with E-state index >= 15 is 0 Å². The minimum atomic E-state index is -0.178. The van der Waals surface area contributed by atoms with Gasteiger partial charge >= 0.3 is 0 Å². The summed E-state index contributed by atoms with van der Waals surface area (Å²) >= 11 is 0. The summed E-state index contributed by atoms with van der Waals surface area (Å²) in [6, 6.07) is 16.5. The van der Waals surface area contributed by atoms with Gasteiger partial charge in [0.1, 0.15) is 0 Å². The van der Waals surface area contributed by atoms with Crippen LogP contribution in [0, 0.1) is 5.92 Å². The predicted molar refractivity (Wildman–Crippen MR) is 106 cm³/mol. The quantitative estimate of drug-likeness (QED) is 0.763. The maximum atomic E-state index is 10.2. The summed E-state index contributed by atoms with van der Waals surface area (Å²) < 4.78 is 2.13. The summed E-state index contributed by atoms with van der Waals surface area (Å²) in [6.45, 7) is -0.0761. The third-order valence-electron chi connectivity index (χ3n) is 5.56. The fraction of sp³-hybridized carbons (Fsp3) is 0.273. The van der Waals surface area contributed by atoms with Crippen LogP contribution in [0.2, 0.25) is 0 Å². The highest BCUT2D eigenvalue weighted by molar-refractivity contribution is 5.85. The van der Waals surface area contributed by atoms with Crippen molar-refractivity contribution in [2.75, 3.05) is 25.2 Å². The topological polar surface area (TPSA) is 48.6 Å². The third kappa shape index (κ3) is 2.54. The first-order chi connectivity index (χ1) is 12.7. The van der Waals surface area contributed by atoms with Gasteiger partial charge in [0.15, 0.2) is 0 Å². The van der Waals surface area contributed by atoms with Crippen molar-refractivity contribution >= 4 is 22.7 Å². The number of aryl methyl sites for hydroxylation is 1. The molecule has 4 nitrogen and oxygen atoms in total. The average molecular weight is 348 g/mol. The number of aliphatic hydroxyl groups excluding tert-OH is 2. The van der Waals surface area contributed by atoms with Gasteiger partial charge in [0.2, 0.25) is 0 Å². The molecule has 0 amide bonds. The van der Waals surface area contributed by atoms with Crippen molar-refractivity contribution in [2.24, 2.45) is 13.0 Å². The van der Waals surface area contributed by atoms with Crippen molar-refractivity contribution in [1.82, 2.24) is 4.57 Å². The number of hydrogen-bond acceptors (Lipinski definition) is 3. The van der Waals surface area contributed by atoms with Crippen LogP contribution in [0.5, 0.6) is 0 Å². The second-order valence-corrected chi connectivity index (χ2v) is 6.99. The molecule has 1 aromatic heterocycles. The monoisotopic (exact) mass is 348 g/mol. The lowest BCUT2D eigenvalue weighted by Crippen LogP contribution is -2.33. The van der Waals surface area contributed by atoms with Crippen molar-refractivity contribution in [3.63, 3.8) is 0 Å². The molecule has 3 aromatic rings. The van der Waals surface area contributed by atoms with Crippen LogP contribution in [0.4, 0.5) is 5.69 Å². The van der Waals surface area contributed by atoms with Crippen LogP contribution >= 0.6 is 0 Å². The average Bonchev–Trinajstić information content (AvgIpc) is 2.94. The molecular weight excluding hydrogens is 324 g/mol. The first-order valence-corrected chi connectivity index (χ1v) is 8.93. The number of benzene rings is 2. The van der Waals surface area contributed by atoms with Crippen LogP contribution in [0.1, 0.15) is 17.2 Å². The molecule has 2 aromatic carbocycles. The molecule has 2 unspecified atom stereocenters. The molecule has 0 saturated heterocycles. The molecule has 134 valence electrons. The molecule has 2 heterocycles. The highest BCUT2D eigenvalue weighted by atomic mass is 16.3. The third-order valence-corrected chi connectivity index (χ3v) is 5.56. The molecule has 1 aliphatic heterocycles. The summed E-state index contributed by atoms with van der Waals surface area (Å²) in [5.41, 5.74) is 5.37. The fourth-order valence-electron chi connectivity index (χ4n) is 4.27. The lowest BCUT2D eigenvalue weighted by Gasteiger charge is -2.35. The number of aliphatic hydroxyl groups is 2. The van der Waals surface area contributed by atoms with Crippen LogP contribution in [0.3, 0.4) is 0 Å². The summed E-state index contributed by atoms with van der Waals surface area (Å²) in [4.78, 5) is 2.23. The molecule has 4 rings (SSSR count). The highest BCUT2D eigenvalue weighted by Gasteiger charge is 2.34. The largest absolute Gasteiger partial charge is 0.396 e. The molecule has 4 heteroatoms. The maximum Gasteiger partial charge on any atom is 0.0649 e. The van der Waals surface area contributed by atoms with Crippen molar-refractivity contribution in [1.29, 1.82) is 0 Å². The molecule has 2 N–H and O–H groups in total. The zero-order valence-corrected chi connectivity index (χ0v) is 15.1. The predicted octanol–water partition coefficient (Wildman–Crippen LogP) is 3.35. The van der Waals surface area contributed by atoms with E-state index in [1.165, 1.54) is 16.5 Å². The van der Waals surface area contributed by atoms with Gasteiger partial charge in [-0.15, -0.1) is 0 Å². The van der Waals surface area contributed by atoms with Crippen molar-refractivity contribution in [2.45, 2.75) is 6.04 Å². The van der Waals surface area contributed by atoms with Gasteiger partial charge in [0.05, 0.1) is 19.3 Å². The summed E-state index contributed by atoms with van der Waals surface area (Å²) in [7, 11) is 4.12. The number of rotatable bonds is 3. The molecule has 0 spiro atoms. The van der Waals surface area contributed by atoms with Gasteiger partial charge in [0.25, 0.3) is 0 Å². The number of anilines is 1. The van der Waals surface area contributed by atoms with Gasteiger partial charge in [-0.2, -0.15) is 0 Å². The summed E-state index contributed by atoms with van der Waals surface area (Å²) in [6.07, 6.45) is 4.18. The van der Waals surface area contributed by atoms with Gasteiger partial charge in [0, 0.05) is 48.4 Å².